The number of anilines is 2. The highest BCUT2D eigenvalue weighted by atomic mass is 35.5. The largest absolute Gasteiger partial charge is 0.369 e. The second-order valence-electron chi connectivity index (χ2n) is 7.31. The second kappa shape index (κ2) is 9.76. The number of aryl methyl sites for hydroxylation is 2. The van der Waals surface area contributed by atoms with Gasteiger partial charge in [-0.3, -0.25) is 14.5 Å². The maximum Gasteiger partial charge on any atom is 0.313 e. The Morgan fingerprint density at radius 2 is 1.62 bits per heavy atom. The third-order valence-corrected chi connectivity index (χ3v) is 5.50. The topological polar surface area (TPSA) is 64.7 Å². The molecule has 0 spiro atoms. The van der Waals surface area contributed by atoms with E-state index in [0.29, 0.717) is 12.2 Å². The molecule has 2 aromatic carbocycles. The van der Waals surface area contributed by atoms with Gasteiger partial charge in [-0.25, -0.2) is 0 Å². The molecule has 2 amide bonds. The number of amides is 2. The van der Waals surface area contributed by atoms with Crippen LogP contribution >= 0.6 is 11.6 Å². The summed E-state index contributed by atoms with van der Waals surface area (Å²) in [5, 5.41) is 6.09. The average molecular weight is 415 g/mol. The first-order chi connectivity index (χ1) is 13.9. The predicted octanol–water partition coefficient (Wildman–Crippen LogP) is 2.83. The number of carbonyl (C=O) groups is 2. The zero-order chi connectivity index (χ0) is 20.8. The molecule has 1 saturated heterocycles. The fourth-order valence-electron chi connectivity index (χ4n) is 3.30. The van der Waals surface area contributed by atoms with E-state index < -0.39 is 11.8 Å². The van der Waals surface area contributed by atoms with Crippen molar-refractivity contribution in [1.82, 2.24) is 10.2 Å². The van der Waals surface area contributed by atoms with Crippen LogP contribution < -0.4 is 15.5 Å². The minimum Gasteiger partial charge on any atom is -0.369 e. The standard InChI is InChI=1S/C22H27ClN4O2/c1-16-3-6-19(15-17(16)2)25-22(29)21(28)24-9-10-26-11-13-27(14-12-26)20-7-4-18(23)5-8-20/h3-8,15H,9-14H2,1-2H3,(H,24,28)(H,25,29). The maximum absolute atomic E-state index is 12.1. The van der Waals surface area contributed by atoms with Crippen molar-refractivity contribution >= 4 is 34.8 Å². The molecule has 2 aromatic rings. The first-order valence-corrected chi connectivity index (χ1v) is 10.2. The fourth-order valence-corrected chi connectivity index (χ4v) is 3.42. The zero-order valence-electron chi connectivity index (χ0n) is 16.9. The van der Waals surface area contributed by atoms with Crippen molar-refractivity contribution < 1.29 is 9.59 Å². The molecule has 3 rings (SSSR count). The number of hydrogen-bond acceptors (Lipinski definition) is 4. The lowest BCUT2D eigenvalue weighted by Gasteiger charge is -2.36. The summed E-state index contributed by atoms with van der Waals surface area (Å²) in [5.41, 5.74) is 4.02. The van der Waals surface area contributed by atoms with Gasteiger partial charge in [-0.2, -0.15) is 0 Å². The van der Waals surface area contributed by atoms with Crippen LogP contribution in [0.15, 0.2) is 42.5 Å². The van der Waals surface area contributed by atoms with E-state index in [1.54, 1.807) is 6.07 Å². The van der Waals surface area contributed by atoms with Crippen molar-refractivity contribution in [2.45, 2.75) is 13.8 Å². The highest BCUT2D eigenvalue weighted by Crippen LogP contribution is 2.19. The van der Waals surface area contributed by atoms with Gasteiger partial charge in [0.2, 0.25) is 0 Å². The number of nitrogens with zero attached hydrogens (tertiary/aromatic N) is 2. The van der Waals surface area contributed by atoms with Gasteiger partial charge in [-0.1, -0.05) is 17.7 Å². The Morgan fingerprint density at radius 1 is 0.931 bits per heavy atom. The van der Waals surface area contributed by atoms with E-state index in [4.69, 9.17) is 11.6 Å². The van der Waals surface area contributed by atoms with Crippen LogP contribution in [0.3, 0.4) is 0 Å². The quantitative estimate of drug-likeness (QED) is 0.738. The number of benzene rings is 2. The molecule has 154 valence electrons. The Hall–Kier alpha value is -2.57. The van der Waals surface area contributed by atoms with Gasteiger partial charge in [0.15, 0.2) is 0 Å². The van der Waals surface area contributed by atoms with Crippen LogP contribution in [0.4, 0.5) is 11.4 Å². The molecule has 29 heavy (non-hydrogen) atoms. The molecule has 0 radical (unpaired) electrons. The summed E-state index contributed by atoms with van der Waals surface area (Å²) in [6.45, 7) is 8.80. The van der Waals surface area contributed by atoms with Crippen molar-refractivity contribution in [1.29, 1.82) is 0 Å². The number of halogens is 1. The van der Waals surface area contributed by atoms with Crippen LogP contribution in [0.1, 0.15) is 11.1 Å². The van der Waals surface area contributed by atoms with Crippen LogP contribution in [0.5, 0.6) is 0 Å². The van der Waals surface area contributed by atoms with E-state index >= 15 is 0 Å². The molecule has 2 N–H and O–H groups in total. The van der Waals surface area contributed by atoms with Crippen molar-refractivity contribution in [2.75, 3.05) is 49.5 Å². The Bertz CT molecular complexity index is 862. The molecule has 0 bridgehead atoms. The molecule has 7 heteroatoms. The molecule has 1 aliphatic heterocycles. The summed E-state index contributed by atoms with van der Waals surface area (Å²) in [4.78, 5) is 28.7. The van der Waals surface area contributed by atoms with Gasteiger partial charge in [0.25, 0.3) is 0 Å². The minimum atomic E-state index is -0.638. The van der Waals surface area contributed by atoms with Crippen molar-refractivity contribution in [3.8, 4) is 0 Å². The molecular formula is C22H27ClN4O2. The number of rotatable bonds is 5. The maximum atomic E-state index is 12.1. The Kier molecular flexibility index (Phi) is 7.12. The summed E-state index contributed by atoms with van der Waals surface area (Å²) < 4.78 is 0. The van der Waals surface area contributed by atoms with Gasteiger partial charge >= 0.3 is 11.8 Å². The lowest BCUT2D eigenvalue weighted by Crippen LogP contribution is -2.49. The number of nitrogens with one attached hydrogen (secondary N) is 2. The molecule has 0 aliphatic carbocycles. The third kappa shape index (κ3) is 5.95. The normalized spacial score (nSPS) is 14.5. The number of carbonyl (C=O) groups excluding carboxylic acids is 2. The van der Waals surface area contributed by atoms with E-state index in [0.717, 1.165) is 48.9 Å². The summed E-state index contributed by atoms with van der Waals surface area (Å²) in [6.07, 6.45) is 0. The SMILES string of the molecule is Cc1ccc(NC(=O)C(=O)NCCN2CCN(c3ccc(Cl)cc3)CC2)cc1C. The smallest absolute Gasteiger partial charge is 0.313 e. The van der Waals surface area contributed by atoms with Crippen LogP contribution in [0, 0.1) is 13.8 Å². The highest BCUT2D eigenvalue weighted by Gasteiger charge is 2.18. The number of piperazine rings is 1. The lowest BCUT2D eigenvalue weighted by atomic mass is 10.1. The van der Waals surface area contributed by atoms with Gasteiger partial charge in [-0.15, -0.1) is 0 Å². The van der Waals surface area contributed by atoms with E-state index in [1.807, 2.05) is 50.2 Å². The van der Waals surface area contributed by atoms with Crippen molar-refractivity contribution in [2.24, 2.45) is 0 Å². The van der Waals surface area contributed by atoms with Gasteiger partial charge < -0.3 is 15.5 Å². The van der Waals surface area contributed by atoms with Gasteiger partial charge in [-0.05, 0) is 61.4 Å². The van der Waals surface area contributed by atoms with Gasteiger partial charge in [0.1, 0.15) is 0 Å². The minimum absolute atomic E-state index is 0.445. The van der Waals surface area contributed by atoms with Crippen LogP contribution in [0.2, 0.25) is 5.02 Å². The van der Waals surface area contributed by atoms with Crippen molar-refractivity contribution in [3.05, 3.63) is 58.6 Å². The molecule has 0 aromatic heterocycles. The Labute approximate surface area is 176 Å². The number of hydrogen-bond donors (Lipinski definition) is 2. The summed E-state index contributed by atoms with van der Waals surface area (Å²) in [6, 6.07) is 13.5. The van der Waals surface area contributed by atoms with Crippen LogP contribution in [-0.2, 0) is 9.59 Å². The molecule has 1 heterocycles. The Balaban J connectivity index is 1.37. The molecule has 1 aliphatic rings. The monoisotopic (exact) mass is 414 g/mol. The molecule has 6 nitrogen and oxygen atoms in total. The molecule has 0 saturated carbocycles. The van der Waals surface area contributed by atoms with Crippen LogP contribution in [-0.4, -0.2) is 56.0 Å². The fraction of sp³-hybridized carbons (Fsp3) is 0.364. The zero-order valence-corrected chi connectivity index (χ0v) is 17.6. The summed E-state index contributed by atoms with van der Waals surface area (Å²) >= 11 is 5.95. The second-order valence-corrected chi connectivity index (χ2v) is 7.75. The third-order valence-electron chi connectivity index (χ3n) is 5.25. The van der Waals surface area contributed by atoms with Crippen LogP contribution in [0.25, 0.3) is 0 Å². The van der Waals surface area contributed by atoms with Crippen molar-refractivity contribution in [3.63, 3.8) is 0 Å². The summed E-state index contributed by atoms with van der Waals surface area (Å²) in [7, 11) is 0. The predicted molar refractivity (Wildman–Crippen MR) is 118 cm³/mol. The average Bonchev–Trinajstić information content (AvgIpc) is 2.72. The molecule has 0 unspecified atom stereocenters. The lowest BCUT2D eigenvalue weighted by molar-refractivity contribution is -0.136. The first kappa shape index (κ1) is 21.1. The van der Waals surface area contributed by atoms with Gasteiger partial charge in [0, 0.05) is 55.7 Å². The molecular weight excluding hydrogens is 388 g/mol. The summed E-state index contributed by atoms with van der Waals surface area (Å²) in [5.74, 6) is -1.25. The molecule has 1 fully saturated rings. The molecule has 0 atom stereocenters. The van der Waals surface area contributed by atoms with E-state index in [-0.39, 0.29) is 0 Å². The first-order valence-electron chi connectivity index (χ1n) is 9.81. The Morgan fingerprint density at radius 3 is 2.28 bits per heavy atom. The van der Waals surface area contributed by atoms with E-state index in [1.165, 1.54) is 5.69 Å². The van der Waals surface area contributed by atoms with Gasteiger partial charge in [0.05, 0.1) is 0 Å². The van der Waals surface area contributed by atoms with E-state index in [2.05, 4.69) is 20.4 Å². The van der Waals surface area contributed by atoms with E-state index in [9.17, 15) is 9.59 Å². The highest BCUT2D eigenvalue weighted by molar-refractivity contribution is 6.39.